The molecular formula is C13H21ClN2O2. The first kappa shape index (κ1) is 15.2. The predicted molar refractivity (Wildman–Crippen MR) is 72.4 cm³/mol. The number of hydrogen-bond acceptors (Lipinski definition) is 4. The molecule has 0 aromatic carbocycles. The third kappa shape index (κ3) is 4.78. The van der Waals surface area contributed by atoms with Gasteiger partial charge in [0.05, 0.1) is 12.2 Å². The van der Waals surface area contributed by atoms with Crippen LogP contribution in [0.25, 0.3) is 0 Å². The molecule has 0 unspecified atom stereocenters. The summed E-state index contributed by atoms with van der Waals surface area (Å²) in [5, 5.41) is 0.452. The second-order valence-corrected chi connectivity index (χ2v) is 5.38. The standard InChI is InChI=1S/C13H21ClN2O2/c1-6-10-15-11(14)9(2)12(16-10)17-7-8-18-13(3,4)5/h6-8H2,1-5H3. The molecule has 18 heavy (non-hydrogen) atoms. The lowest BCUT2D eigenvalue weighted by Crippen LogP contribution is -2.22. The SMILES string of the molecule is CCc1nc(Cl)c(C)c(OCCOC(C)(C)C)n1. The molecule has 1 aromatic rings. The Morgan fingerprint density at radius 1 is 1.17 bits per heavy atom. The lowest BCUT2D eigenvalue weighted by Gasteiger charge is -2.19. The molecule has 1 rings (SSSR count). The molecule has 0 aliphatic rings. The molecule has 0 fully saturated rings. The first-order valence-corrected chi connectivity index (χ1v) is 6.51. The van der Waals surface area contributed by atoms with Gasteiger partial charge in [-0.15, -0.1) is 0 Å². The highest BCUT2D eigenvalue weighted by Gasteiger charge is 2.12. The Kier molecular flexibility index (Phi) is 5.35. The van der Waals surface area contributed by atoms with E-state index in [-0.39, 0.29) is 5.60 Å². The normalized spacial score (nSPS) is 11.7. The van der Waals surface area contributed by atoms with Gasteiger partial charge in [0.15, 0.2) is 0 Å². The Hall–Kier alpha value is -0.870. The maximum absolute atomic E-state index is 6.02. The van der Waals surface area contributed by atoms with E-state index in [0.717, 1.165) is 12.0 Å². The molecule has 0 bridgehead atoms. The molecule has 0 N–H and O–H groups in total. The molecule has 5 heteroatoms. The van der Waals surface area contributed by atoms with E-state index in [1.54, 1.807) is 0 Å². The van der Waals surface area contributed by atoms with Crippen LogP contribution in [0.3, 0.4) is 0 Å². The first-order chi connectivity index (χ1) is 8.33. The van der Waals surface area contributed by atoms with Crippen LogP contribution in [-0.4, -0.2) is 28.8 Å². The third-order valence-electron chi connectivity index (χ3n) is 2.26. The Bertz CT molecular complexity index is 403. The zero-order valence-electron chi connectivity index (χ0n) is 11.7. The topological polar surface area (TPSA) is 44.2 Å². The molecule has 0 saturated heterocycles. The maximum atomic E-state index is 6.02. The number of rotatable bonds is 5. The van der Waals surface area contributed by atoms with Crippen molar-refractivity contribution in [2.24, 2.45) is 0 Å². The van der Waals surface area contributed by atoms with Crippen molar-refractivity contribution in [3.05, 3.63) is 16.5 Å². The predicted octanol–water partition coefficient (Wildman–Crippen LogP) is 3.19. The van der Waals surface area contributed by atoms with Crippen molar-refractivity contribution in [1.82, 2.24) is 9.97 Å². The summed E-state index contributed by atoms with van der Waals surface area (Å²) in [6.45, 7) is 10.8. The van der Waals surface area contributed by atoms with Crippen LogP contribution >= 0.6 is 11.6 Å². The number of nitrogens with zero attached hydrogens (tertiary/aromatic N) is 2. The van der Waals surface area contributed by atoms with Gasteiger partial charge in [0.1, 0.15) is 17.6 Å². The van der Waals surface area contributed by atoms with E-state index >= 15 is 0 Å². The minimum absolute atomic E-state index is 0.156. The molecule has 0 amide bonds. The van der Waals surface area contributed by atoms with Crippen LogP contribution in [-0.2, 0) is 11.2 Å². The van der Waals surface area contributed by atoms with Gasteiger partial charge in [-0.1, -0.05) is 18.5 Å². The highest BCUT2D eigenvalue weighted by atomic mass is 35.5. The number of aromatic nitrogens is 2. The quantitative estimate of drug-likeness (QED) is 0.610. The van der Waals surface area contributed by atoms with Crippen LogP contribution in [0.2, 0.25) is 5.15 Å². The maximum Gasteiger partial charge on any atom is 0.221 e. The summed E-state index contributed by atoms with van der Waals surface area (Å²) < 4.78 is 11.2. The molecule has 0 spiro atoms. The Morgan fingerprint density at radius 3 is 2.39 bits per heavy atom. The average Bonchev–Trinajstić information content (AvgIpc) is 2.28. The van der Waals surface area contributed by atoms with Gasteiger partial charge in [0, 0.05) is 12.0 Å². The molecule has 102 valence electrons. The Labute approximate surface area is 114 Å². The van der Waals surface area contributed by atoms with Gasteiger partial charge < -0.3 is 9.47 Å². The fraction of sp³-hybridized carbons (Fsp3) is 0.692. The van der Waals surface area contributed by atoms with Crippen molar-refractivity contribution in [1.29, 1.82) is 0 Å². The number of ether oxygens (including phenoxy) is 2. The van der Waals surface area contributed by atoms with Crippen molar-refractivity contribution >= 4 is 11.6 Å². The summed E-state index contributed by atoms with van der Waals surface area (Å²) in [4.78, 5) is 8.47. The van der Waals surface area contributed by atoms with Crippen LogP contribution in [0.1, 0.15) is 39.1 Å². The zero-order chi connectivity index (χ0) is 13.8. The van der Waals surface area contributed by atoms with E-state index < -0.39 is 0 Å². The fourth-order valence-corrected chi connectivity index (χ4v) is 1.47. The Balaban J connectivity index is 2.59. The molecule has 1 heterocycles. The number of aryl methyl sites for hydroxylation is 1. The van der Waals surface area contributed by atoms with Crippen molar-refractivity contribution in [2.45, 2.75) is 46.6 Å². The van der Waals surface area contributed by atoms with E-state index in [4.69, 9.17) is 21.1 Å². The summed E-state index contributed by atoms with van der Waals surface area (Å²) in [6.07, 6.45) is 0.731. The first-order valence-electron chi connectivity index (χ1n) is 6.13. The minimum Gasteiger partial charge on any atom is -0.475 e. The highest BCUT2D eigenvalue weighted by Crippen LogP contribution is 2.22. The molecule has 0 aliphatic heterocycles. The summed E-state index contributed by atoms with van der Waals surface area (Å²) >= 11 is 6.02. The molecule has 0 atom stereocenters. The van der Waals surface area contributed by atoms with Crippen molar-refractivity contribution in [2.75, 3.05) is 13.2 Å². The van der Waals surface area contributed by atoms with E-state index in [1.165, 1.54) is 0 Å². The van der Waals surface area contributed by atoms with Crippen molar-refractivity contribution in [3.8, 4) is 5.88 Å². The molecular weight excluding hydrogens is 252 g/mol. The molecule has 0 radical (unpaired) electrons. The zero-order valence-corrected chi connectivity index (χ0v) is 12.5. The lowest BCUT2D eigenvalue weighted by atomic mass is 10.2. The second-order valence-electron chi connectivity index (χ2n) is 5.02. The minimum atomic E-state index is -0.156. The van der Waals surface area contributed by atoms with E-state index in [1.807, 2.05) is 34.6 Å². The number of hydrogen-bond donors (Lipinski definition) is 0. The van der Waals surface area contributed by atoms with Crippen molar-refractivity contribution < 1.29 is 9.47 Å². The summed E-state index contributed by atoms with van der Waals surface area (Å²) in [6, 6.07) is 0. The summed E-state index contributed by atoms with van der Waals surface area (Å²) in [7, 11) is 0. The van der Waals surface area contributed by atoms with E-state index in [2.05, 4.69) is 9.97 Å². The van der Waals surface area contributed by atoms with Gasteiger partial charge in [-0.2, -0.15) is 4.98 Å². The highest BCUT2D eigenvalue weighted by molar-refractivity contribution is 6.30. The molecule has 0 aliphatic carbocycles. The van der Waals surface area contributed by atoms with E-state index in [0.29, 0.717) is 30.1 Å². The van der Waals surface area contributed by atoms with Gasteiger partial charge in [-0.25, -0.2) is 4.98 Å². The monoisotopic (exact) mass is 272 g/mol. The summed E-state index contributed by atoms with van der Waals surface area (Å²) in [5.41, 5.74) is 0.612. The number of halogens is 1. The van der Waals surface area contributed by atoms with Crippen LogP contribution in [0.5, 0.6) is 5.88 Å². The third-order valence-corrected chi connectivity index (χ3v) is 2.63. The molecule has 0 saturated carbocycles. The molecule has 1 aromatic heterocycles. The largest absolute Gasteiger partial charge is 0.475 e. The van der Waals surface area contributed by atoms with Gasteiger partial charge in [0.2, 0.25) is 5.88 Å². The van der Waals surface area contributed by atoms with E-state index in [9.17, 15) is 0 Å². The average molecular weight is 273 g/mol. The second kappa shape index (κ2) is 6.34. The van der Waals surface area contributed by atoms with Crippen LogP contribution in [0.15, 0.2) is 0 Å². The fourth-order valence-electron chi connectivity index (χ4n) is 1.30. The molecule has 4 nitrogen and oxygen atoms in total. The van der Waals surface area contributed by atoms with Gasteiger partial charge in [0.25, 0.3) is 0 Å². The van der Waals surface area contributed by atoms with Gasteiger partial charge in [-0.3, -0.25) is 0 Å². The van der Waals surface area contributed by atoms with Crippen LogP contribution < -0.4 is 4.74 Å². The Morgan fingerprint density at radius 2 is 1.83 bits per heavy atom. The van der Waals surface area contributed by atoms with Crippen LogP contribution in [0, 0.1) is 6.92 Å². The van der Waals surface area contributed by atoms with Crippen molar-refractivity contribution in [3.63, 3.8) is 0 Å². The van der Waals surface area contributed by atoms with Crippen LogP contribution in [0.4, 0.5) is 0 Å². The van der Waals surface area contributed by atoms with Gasteiger partial charge in [-0.05, 0) is 27.7 Å². The van der Waals surface area contributed by atoms with Gasteiger partial charge >= 0.3 is 0 Å². The smallest absolute Gasteiger partial charge is 0.221 e. The lowest BCUT2D eigenvalue weighted by molar-refractivity contribution is -0.0169. The summed E-state index contributed by atoms with van der Waals surface area (Å²) in [5.74, 6) is 1.24.